The number of carbonyl (C=O) groups excluding carboxylic acids is 1. The molecule has 1 amide bonds. The number of amides is 1. The SMILES string of the molecule is Cn1cnc(C(=O)N2CCN(Cc3cccc(F)c3)C3(CCOCC3)C2)c1. The number of carbonyl (C=O) groups is 1. The Balaban J connectivity index is 1.54. The van der Waals surface area contributed by atoms with Crippen LogP contribution in [0.2, 0.25) is 0 Å². The third kappa shape index (κ3) is 3.75. The van der Waals surface area contributed by atoms with E-state index in [0.717, 1.165) is 24.9 Å². The average Bonchev–Trinajstić information content (AvgIpc) is 3.10. The van der Waals surface area contributed by atoms with Crippen molar-refractivity contribution >= 4 is 5.91 Å². The largest absolute Gasteiger partial charge is 0.381 e. The van der Waals surface area contributed by atoms with Crippen molar-refractivity contribution < 1.29 is 13.9 Å². The lowest BCUT2D eigenvalue weighted by atomic mass is 9.85. The zero-order valence-electron chi connectivity index (χ0n) is 15.6. The van der Waals surface area contributed by atoms with Crippen molar-refractivity contribution in [1.82, 2.24) is 19.4 Å². The number of halogens is 1. The van der Waals surface area contributed by atoms with E-state index in [-0.39, 0.29) is 17.3 Å². The van der Waals surface area contributed by atoms with Crippen molar-refractivity contribution in [3.63, 3.8) is 0 Å². The molecule has 2 fully saturated rings. The van der Waals surface area contributed by atoms with Gasteiger partial charge in [-0.3, -0.25) is 9.69 Å². The third-order valence-corrected chi connectivity index (χ3v) is 5.69. The Morgan fingerprint density at radius 2 is 2.11 bits per heavy atom. The maximum absolute atomic E-state index is 13.6. The van der Waals surface area contributed by atoms with Gasteiger partial charge in [0.25, 0.3) is 5.91 Å². The van der Waals surface area contributed by atoms with Gasteiger partial charge in [0.2, 0.25) is 0 Å². The molecule has 1 aromatic heterocycles. The molecule has 0 unspecified atom stereocenters. The van der Waals surface area contributed by atoms with Gasteiger partial charge in [0.15, 0.2) is 0 Å². The minimum absolute atomic E-state index is 0.0214. The second-order valence-electron chi connectivity index (χ2n) is 7.54. The first-order chi connectivity index (χ1) is 13.1. The summed E-state index contributed by atoms with van der Waals surface area (Å²) in [6.45, 7) is 4.11. The van der Waals surface area contributed by atoms with Gasteiger partial charge in [-0.05, 0) is 30.5 Å². The van der Waals surface area contributed by atoms with Crippen LogP contribution in [0.4, 0.5) is 4.39 Å². The quantitative estimate of drug-likeness (QED) is 0.828. The summed E-state index contributed by atoms with van der Waals surface area (Å²) < 4.78 is 21.0. The van der Waals surface area contributed by atoms with E-state index >= 15 is 0 Å². The Labute approximate surface area is 158 Å². The van der Waals surface area contributed by atoms with Gasteiger partial charge >= 0.3 is 0 Å². The summed E-state index contributed by atoms with van der Waals surface area (Å²) in [5, 5.41) is 0. The normalized spacial score (nSPS) is 20.1. The molecule has 0 bridgehead atoms. The first-order valence-corrected chi connectivity index (χ1v) is 9.40. The second kappa shape index (κ2) is 7.40. The van der Waals surface area contributed by atoms with E-state index in [1.54, 1.807) is 29.2 Å². The minimum Gasteiger partial charge on any atom is -0.381 e. The van der Waals surface area contributed by atoms with E-state index in [1.165, 1.54) is 6.07 Å². The van der Waals surface area contributed by atoms with E-state index < -0.39 is 0 Å². The molecule has 7 heteroatoms. The van der Waals surface area contributed by atoms with Crippen LogP contribution in [-0.4, -0.2) is 63.6 Å². The van der Waals surface area contributed by atoms with Gasteiger partial charge in [0.05, 0.1) is 6.33 Å². The summed E-state index contributed by atoms with van der Waals surface area (Å²) in [6.07, 6.45) is 5.15. The van der Waals surface area contributed by atoms with Crippen LogP contribution in [0.15, 0.2) is 36.8 Å². The topological polar surface area (TPSA) is 50.6 Å². The maximum atomic E-state index is 13.6. The zero-order chi connectivity index (χ0) is 18.9. The molecule has 3 heterocycles. The molecule has 0 atom stereocenters. The van der Waals surface area contributed by atoms with E-state index in [0.29, 0.717) is 38.5 Å². The number of ether oxygens (including phenoxy) is 1. The Morgan fingerprint density at radius 1 is 1.30 bits per heavy atom. The summed E-state index contributed by atoms with van der Waals surface area (Å²) in [6, 6.07) is 6.78. The molecular formula is C20H25FN4O2. The van der Waals surface area contributed by atoms with E-state index in [1.807, 2.05) is 18.0 Å². The molecule has 0 saturated carbocycles. The lowest BCUT2D eigenvalue weighted by Crippen LogP contribution is -2.64. The van der Waals surface area contributed by atoms with Crippen LogP contribution in [0, 0.1) is 5.82 Å². The summed E-state index contributed by atoms with van der Waals surface area (Å²) in [4.78, 5) is 21.4. The monoisotopic (exact) mass is 372 g/mol. The Kier molecular flexibility index (Phi) is 4.97. The predicted octanol–water partition coefficient (Wildman–Crippen LogP) is 2.07. The minimum atomic E-state index is -0.211. The van der Waals surface area contributed by atoms with Crippen LogP contribution < -0.4 is 0 Å². The summed E-state index contributed by atoms with van der Waals surface area (Å²) in [5.41, 5.74) is 1.32. The van der Waals surface area contributed by atoms with Crippen LogP contribution in [0.1, 0.15) is 28.9 Å². The number of benzene rings is 1. The first-order valence-electron chi connectivity index (χ1n) is 9.40. The number of nitrogens with zero attached hydrogens (tertiary/aromatic N) is 4. The van der Waals surface area contributed by atoms with Crippen molar-refractivity contribution in [2.24, 2.45) is 7.05 Å². The van der Waals surface area contributed by atoms with Gasteiger partial charge < -0.3 is 14.2 Å². The van der Waals surface area contributed by atoms with Gasteiger partial charge in [0.1, 0.15) is 11.5 Å². The predicted molar refractivity (Wildman–Crippen MR) is 98.7 cm³/mol. The highest BCUT2D eigenvalue weighted by Crippen LogP contribution is 2.33. The smallest absolute Gasteiger partial charge is 0.274 e. The lowest BCUT2D eigenvalue weighted by molar-refractivity contribution is -0.0697. The molecule has 1 aromatic carbocycles. The number of hydrogen-bond acceptors (Lipinski definition) is 4. The van der Waals surface area contributed by atoms with Crippen LogP contribution in [0.5, 0.6) is 0 Å². The van der Waals surface area contributed by atoms with Crippen LogP contribution in [0.3, 0.4) is 0 Å². The molecule has 2 aromatic rings. The third-order valence-electron chi connectivity index (χ3n) is 5.69. The van der Waals surface area contributed by atoms with Crippen molar-refractivity contribution in [3.8, 4) is 0 Å². The number of imidazole rings is 1. The standard InChI is InChI=1S/C20H25FN4O2/c1-23-13-18(22-15-23)19(26)24-7-8-25(12-16-3-2-4-17(21)11-16)20(14-24)5-9-27-10-6-20/h2-4,11,13,15H,5-10,12,14H2,1H3. The highest BCUT2D eigenvalue weighted by molar-refractivity contribution is 5.92. The molecule has 6 nitrogen and oxygen atoms in total. The Morgan fingerprint density at radius 3 is 2.81 bits per heavy atom. The summed E-state index contributed by atoms with van der Waals surface area (Å²) in [5.74, 6) is -0.232. The van der Waals surface area contributed by atoms with Gasteiger partial charge in [-0.15, -0.1) is 0 Å². The zero-order valence-corrected chi connectivity index (χ0v) is 15.6. The molecule has 1 spiro atoms. The molecule has 4 rings (SSSR count). The highest BCUT2D eigenvalue weighted by Gasteiger charge is 2.44. The van der Waals surface area contributed by atoms with Gasteiger partial charge in [-0.25, -0.2) is 9.37 Å². The van der Waals surface area contributed by atoms with Crippen molar-refractivity contribution in [2.45, 2.75) is 24.9 Å². The molecule has 0 radical (unpaired) electrons. The van der Waals surface area contributed by atoms with E-state index in [4.69, 9.17) is 4.74 Å². The molecule has 27 heavy (non-hydrogen) atoms. The van der Waals surface area contributed by atoms with E-state index in [9.17, 15) is 9.18 Å². The van der Waals surface area contributed by atoms with Gasteiger partial charge in [0, 0.05) is 58.2 Å². The van der Waals surface area contributed by atoms with Crippen LogP contribution in [0.25, 0.3) is 0 Å². The fraction of sp³-hybridized carbons (Fsp3) is 0.500. The Bertz CT molecular complexity index is 816. The van der Waals surface area contributed by atoms with Gasteiger partial charge in [-0.2, -0.15) is 0 Å². The van der Waals surface area contributed by atoms with Crippen molar-refractivity contribution in [1.29, 1.82) is 0 Å². The highest BCUT2D eigenvalue weighted by atomic mass is 19.1. The van der Waals surface area contributed by atoms with Crippen LogP contribution >= 0.6 is 0 Å². The molecule has 144 valence electrons. The molecule has 0 N–H and O–H groups in total. The van der Waals surface area contributed by atoms with Crippen molar-refractivity contribution in [2.75, 3.05) is 32.8 Å². The Hall–Kier alpha value is -2.25. The maximum Gasteiger partial charge on any atom is 0.274 e. The molecule has 2 aliphatic rings. The molecular weight excluding hydrogens is 347 g/mol. The number of hydrogen-bond donors (Lipinski definition) is 0. The summed E-state index contributed by atoms with van der Waals surface area (Å²) >= 11 is 0. The second-order valence-corrected chi connectivity index (χ2v) is 7.54. The summed E-state index contributed by atoms with van der Waals surface area (Å²) in [7, 11) is 1.86. The first kappa shape index (κ1) is 18.1. The number of rotatable bonds is 3. The number of aryl methyl sites for hydroxylation is 1. The molecule has 2 saturated heterocycles. The molecule has 0 aliphatic carbocycles. The van der Waals surface area contributed by atoms with Crippen molar-refractivity contribution in [3.05, 3.63) is 53.9 Å². The fourth-order valence-electron chi connectivity index (χ4n) is 4.20. The van der Waals surface area contributed by atoms with Crippen LogP contribution in [-0.2, 0) is 18.3 Å². The average molecular weight is 372 g/mol. The molecule has 2 aliphatic heterocycles. The van der Waals surface area contributed by atoms with E-state index in [2.05, 4.69) is 9.88 Å². The van der Waals surface area contributed by atoms with Gasteiger partial charge in [-0.1, -0.05) is 12.1 Å². The lowest BCUT2D eigenvalue weighted by Gasteiger charge is -2.52. The fourth-order valence-corrected chi connectivity index (χ4v) is 4.20. The number of piperazine rings is 1. The number of aromatic nitrogens is 2.